The lowest BCUT2D eigenvalue weighted by Crippen LogP contribution is -2.39. The number of carbonyl (C=O) groups is 1. The van der Waals surface area contributed by atoms with E-state index < -0.39 is 6.10 Å². The normalized spacial score (nSPS) is 12.2. The Hall–Kier alpha value is -1.55. The van der Waals surface area contributed by atoms with Gasteiger partial charge in [-0.3, -0.25) is 4.79 Å². The van der Waals surface area contributed by atoms with Gasteiger partial charge in [0, 0.05) is 6.54 Å². The molecular formula is C16H26N2O2. The smallest absolute Gasteiger partial charge is 0.261 e. The molecule has 0 aliphatic heterocycles. The molecule has 0 radical (unpaired) electrons. The highest BCUT2D eigenvalue weighted by Crippen LogP contribution is 2.15. The number of benzene rings is 1. The Morgan fingerprint density at radius 2 is 2.15 bits per heavy atom. The number of carbonyl (C=O) groups excluding carboxylic acids is 1. The van der Waals surface area contributed by atoms with Crippen LogP contribution in [0.15, 0.2) is 24.3 Å². The van der Waals surface area contributed by atoms with Gasteiger partial charge in [0.05, 0.1) is 0 Å². The van der Waals surface area contributed by atoms with E-state index >= 15 is 0 Å². The minimum atomic E-state index is -0.420. The summed E-state index contributed by atoms with van der Waals surface area (Å²) in [7, 11) is 4.05. The molecular weight excluding hydrogens is 252 g/mol. The first-order chi connectivity index (χ1) is 9.52. The summed E-state index contributed by atoms with van der Waals surface area (Å²) < 4.78 is 5.76. The molecule has 0 aliphatic rings. The van der Waals surface area contributed by atoms with E-state index in [1.54, 1.807) is 0 Å². The van der Waals surface area contributed by atoms with Crippen LogP contribution in [0.2, 0.25) is 0 Å². The van der Waals surface area contributed by atoms with Crippen LogP contribution in [-0.4, -0.2) is 44.1 Å². The van der Waals surface area contributed by atoms with Crippen molar-refractivity contribution in [2.75, 3.05) is 27.2 Å². The first kappa shape index (κ1) is 16.5. The van der Waals surface area contributed by atoms with Gasteiger partial charge in [0.15, 0.2) is 6.10 Å². The van der Waals surface area contributed by atoms with Gasteiger partial charge in [-0.1, -0.05) is 19.1 Å². The summed E-state index contributed by atoms with van der Waals surface area (Å²) in [5.74, 6) is 0.716. The van der Waals surface area contributed by atoms with Gasteiger partial charge in [0.1, 0.15) is 5.75 Å². The van der Waals surface area contributed by atoms with Gasteiger partial charge < -0.3 is 15.0 Å². The van der Waals surface area contributed by atoms with E-state index in [4.69, 9.17) is 4.74 Å². The van der Waals surface area contributed by atoms with Crippen LogP contribution >= 0.6 is 0 Å². The maximum atomic E-state index is 12.1. The maximum Gasteiger partial charge on any atom is 0.261 e. The number of amides is 1. The average molecular weight is 278 g/mol. The largest absolute Gasteiger partial charge is 0.481 e. The van der Waals surface area contributed by atoms with Crippen LogP contribution in [0.5, 0.6) is 5.75 Å². The van der Waals surface area contributed by atoms with Gasteiger partial charge in [-0.2, -0.15) is 0 Å². The minimum absolute atomic E-state index is 0.0345. The summed E-state index contributed by atoms with van der Waals surface area (Å²) in [6.45, 7) is 5.62. The van der Waals surface area contributed by atoms with Crippen molar-refractivity contribution in [2.45, 2.75) is 32.8 Å². The molecule has 0 bridgehead atoms. The van der Waals surface area contributed by atoms with Gasteiger partial charge in [0.25, 0.3) is 5.91 Å². The number of hydrogen-bond donors (Lipinski definition) is 1. The summed E-state index contributed by atoms with van der Waals surface area (Å²) in [5, 5.41) is 2.93. The molecule has 1 aromatic carbocycles. The number of rotatable bonds is 8. The van der Waals surface area contributed by atoms with Crippen molar-refractivity contribution in [3.05, 3.63) is 29.8 Å². The highest BCUT2D eigenvalue weighted by Gasteiger charge is 2.17. The molecule has 0 aliphatic carbocycles. The molecule has 4 nitrogen and oxygen atoms in total. The Morgan fingerprint density at radius 3 is 2.75 bits per heavy atom. The maximum absolute atomic E-state index is 12.1. The molecule has 0 heterocycles. The molecule has 20 heavy (non-hydrogen) atoms. The molecule has 0 spiro atoms. The Bertz CT molecular complexity index is 419. The van der Waals surface area contributed by atoms with Crippen LogP contribution in [0.25, 0.3) is 0 Å². The van der Waals surface area contributed by atoms with E-state index in [0.717, 1.165) is 24.3 Å². The van der Waals surface area contributed by atoms with Gasteiger partial charge in [-0.05, 0) is 58.1 Å². The second-order valence-electron chi connectivity index (χ2n) is 5.28. The van der Waals surface area contributed by atoms with Crippen LogP contribution in [0.4, 0.5) is 0 Å². The van der Waals surface area contributed by atoms with E-state index in [0.29, 0.717) is 13.0 Å². The van der Waals surface area contributed by atoms with E-state index in [2.05, 4.69) is 10.2 Å². The van der Waals surface area contributed by atoms with Gasteiger partial charge in [-0.15, -0.1) is 0 Å². The summed E-state index contributed by atoms with van der Waals surface area (Å²) in [6, 6.07) is 7.78. The molecule has 0 aromatic heterocycles. The fourth-order valence-corrected chi connectivity index (χ4v) is 1.90. The Kier molecular flexibility index (Phi) is 7.09. The Labute approximate surface area is 122 Å². The van der Waals surface area contributed by atoms with Crippen molar-refractivity contribution in [3.63, 3.8) is 0 Å². The molecule has 4 heteroatoms. The highest BCUT2D eigenvalue weighted by atomic mass is 16.5. The molecule has 0 fully saturated rings. The molecule has 1 rings (SSSR count). The third kappa shape index (κ3) is 6.06. The zero-order valence-corrected chi connectivity index (χ0v) is 13.0. The molecule has 0 saturated heterocycles. The standard InChI is InChI=1S/C16H26N2O2/c1-5-15(16(19)17-10-7-11-18(3)4)20-14-9-6-8-13(2)12-14/h6,8-9,12,15H,5,7,10-11H2,1-4H3,(H,17,19)/t15-/m0/s1. The molecule has 112 valence electrons. The molecule has 0 saturated carbocycles. The molecule has 1 aromatic rings. The van der Waals surface area contributed by atoms with Crippen molar-refractivity contribution in [3.8, 4) is 5.75 Å². The second-order valence-corrected chi connectivity index (χ2v) is 5.28. The van der Waals surface area contributed by atoms with E-state index in [-0.39, 0.29) is 5.91 Å². The summed E-state index contributed by atoms with van der Waals surface area (Å²) >= 11 is 0. The van der Waals surface area contributed by atoms with Crippen LogP contribution < -0.4 is 10.1 Å². The first-order valence-electron chi connectivity index (χ1n) is 7.18. The third-order valence-electron chi connectivity index (χ3n) is 3.01. The van der Waals surface area contributed by atoms with E-state index in [1.165, 1.54) is 0 Å². The van der Waals surface area contributed by atoms with Crippen molar-refractivity contribution in [1.82, 2.24) is 10.2 Å². The zero-order chi connectivity index (χ0) is 15.0. The monoisotopic (exact) mass is 278 g/mol. The quantitative estimate of drug-likeness (QED) is 0.741. The first-order valence-corrected chi connectivity index (χ1v) is 7.18. The van der Waals surface area contributed by atoms with Crippen molar-refractivity contribution in [2.24, 2.45) is 0 Å². The van der Waals surface area contributed by atoms with Gasteiger partial charge in [0.2, 0.25) is 0 Å². The summed E-state index contributed by atoms with van der Waals surface area (Å²) in [6.07, 6.45) is 1.18. The zero-order valence-electron chi connectivity index (χ0n) is 13.0. The van der Waals surface area contributed by atoms with Gasteiger partial charge >= 0.3 is 0 Å². The van der Waals surface area contributed by atoms with E-state index in [1.807, 2.05) is 52.2 Å². The van der Waals surface area contributed by atoms with Crippen LogP contribution in [0.1, 0.15) is 25.3 Å². The number of aryl methyl sites for hydroxylation is 1. The average Bonchev–Trinajstić information content (AvgIpc) is 2.40. The fourth-order valence-electron chi connectivity index (χ4n) is 1.90. The second kappa shape index (κ2) is 8.59. The number of nitrogens with zero attached hydrogens (tertiary/aromatic N) is 1. The Balaban J connectivity index is 2.43. The van der Waals surface area contributed by atoms with Gasteiger partial charge in [-0.25, -0.2) is 0 Å². The van der Waals surface area contributed by atoms with Crippen LogP contribution in [0.3, 0.4) is 0 Å². The minimum Gasteiger partial charge on any atom is -0.481 e. The number of ether oxygens (including phenoxy) is 1. The fraction of sp³-hybridized carbons (Fsp3) is 0.562. The van der Waals surface area contributed by atoms with E-state index in [9.17, 15) is 4.79 Å². The van der Waals surface area contributed by atoms with Crippen LogP contribution in [0, 0.1) is 6.92 Å². The molecule has 1 atom stereocenters. The van der Waals surface area contributed by atoms with Crippen molar-refractivity contribution < 1.29 is 9.53 Å². The summed E-state index contributed by atoms with van der Waals surface area (Å²) in [4.78, 5) is 14.2. The predicted octanol–water partition coefficient (Wildman–Crippen LogP) is 2.22. The third-order valence-corrected chi connectivity index (χ3v) is 3.01. The topological polar surface area (TPSA) is 41.6 Å². The predicted molar refractivity (Wildman–Crippen MR) is 82.1 cm³/mol. The molecule has 1 amide bonds. The SMILES string of the molecule is CC[C@H](Oc1cccc(C)c1)C(=O)NCCCN(C)C. The van der Waals surface area contributed by atoms with Crippen molar-refractivity contribution >= 4 is 5.91 Å². The summed E-state index contributed by atoms with van der Waals surface area (Å²) in [5.41, 5.74) is 1.13. The lowest BCUT2D eigenvalue weighted by Gasteiger charge is -2.18. The number of hydrogen-bond acceptors (Lipinski definition) is 3. The lowest BCUT2D eigenvalue weighted by atomic mass is 10.2. The molecule has 1 N–H and O–H groups in total. The highest BCUT2D eigenvalue weighted by molar-refractivity contribution is 5.81. The van der Waals surface area contributed by atoms with Crippen molar-refractivity contribution in [1.29, 1.82) is 0 Å². The Morgan fingerprint density at radius 1 is 1.40 bits per heavy atom. The van der Waals surface area contributed by atoms with Crippen LogP contribution in [-0.2, 0) is 4.79 Å². The lowest BCUT2D eigenvalue weighted by molar-refractivity contribution is -0.128. The number of nitrogens with one attached hydrogen (secondary N) is 1. The molecule has 0 unspecified atom stereocenters.